The third-order valence-electron chi connectivity index (χ3n) is 6.44. The Labute approximate surface area is 233 Å². The van der Waals surface area contributed by atoms with Crippen LogP contribution in [0.1, 0.15) is 41.6 Å². The standard InChI is InChI=1S/C30H26N2O7S/c1-5-38-29(35)25-17(2)31-30-32(26(25)19-10-12-21(36-3)13-11-19)27(33)24(40-30)16-22-14-15-23(39-22)18-6-8-20(9-7-18)28(34)37-4/h6-16,26H,5H2,1-4H3/t26-/m0/s1. The summed E-state index contributed by atoms with van der Waals surface area (Å²) in [7, 11) is 2.90. The minimum absolute atomic E-state index is 0.196. The van der Waals surface area contributed by atoms with Gasteiger partial charge in [0.1, 0.15) is 17.3 Å². The number of furan rings is 1. The highest BCUT2D eigenvalue weighted by atomic mass is 32.1. The molecule has 0 saturated heterocycles. The predicted octanol–water partition coefficient (Wildman–Crippen LogP) is 3.85. The molecule has 4 aromatic rings. The fourth-order valence-corrected chi connectivity index (χ4v) is 5.52. The molecule has 2 aromatic heterocycles. The smallest absolute Gasteiger partial charge is 0.338 e. The van der Waals surface area contributed by atoms with Crippen molar-refractivity contribution < 1.29 is 28.2 Å². The van der Waals surface area contributed by atoms with E-state index in [0.29, 0.717) is 43.4 Å². The number of thiazole rings is 1. The monoisotopic (exact) mass is 558 g/mol. The van der Waals surface area contributed by atoms with Gasteiger partial charge in [-0.2, -0.15) is 0 Å². The van der Waals surface area contributed by atoms with E-state index in [1.807, 2.05) is 12.1 Å². The van der Waals surface area contributed by atoms with Gasteiger partial charge in [0.2, 0.25) is 0 Å². The molecule has 0 spiro atoms. The highest BCUT2D eigenvalue weighted by Crippen LogP contribution is 2.31. The molecule has 0 bridgehead atoms. The number of nitrogens with zero attached hydrogens (tertiary/aromatic N) is 2. The van der Waals surface area contributed by atoms with Crippen molar-refractivity contribution in [1.29, 1.82) is 0 Å². The Morgan fingerprint density at radius 3 is 2.40 bits per heavy atom. The van der Waals surface area contributed by atoms with Crippen LogP contribution in [0.4, 0.5) is 0 Å². The highest BCUT2D eigenvalue weighted by Gasteiger charge is 2.33. The van der Waals surface area contributed by atoms with Gasteiger partial charge in [0.15, 0.2) is 4.80 Å². The van der Waals surface area contributed by atoms with Crippen LogP contribution in [-0.4, -0.2) is 37.3 Å². The third kappa shape index (κ3) is 5.01. The first-order valence-corrected chi connectivity index (χ1v) is 13.3. The minimum atomic E-state index is -0.719. The number of hydrogen-bond acceptors (Lipinski definition) is 9. The summed E-state index contributed by atoms with van der Waals surface area (Å²) in [5, 5.41) is 0. The van der Waals surface area contributed by atoms with Crippen LogP contribution in [0.3, 0.4) is 0 Å². The lowest BCUT2D eigenvalue weighted by Crippen LogP contribution is -2.39. The summed E-state index contributed by atoms with van der Waals surface area (Å²) in [4.78, 5) is 43.6. The molecule has 0 unspecified atom stereocenters. The molecule has 2 aromatic carbocycles. The van der Waals surface area contributed by atoms with Gasteiger partial charge in [-0.05, 0) is 55.8 Å². The molecular weight excluding hydrogens is 532 g/mol. The van der Waals surface area contributed by atoms with Crippen LogP contribution in [0.5, 0.6) is 5.75 Å². The lowest BCUT2D eigenvalue weighted by molar-refractivity contribution is -0.139. The zero-order valence-corrected chi connectivity index (χ0v) is 23.1. The number of esters is 2. The molecule has 3 heterocycles. The van der Waals surface area contributed by atoms with Crippen LogP contribution < -0.4 is 19.6 Å². The molecule has 0 amide bonds. The summed E-state index contributed by atoms with van der Waals surface area (Å²) in [6, 6.07) is 16.9. The van der Waals surface area contributed by atoms with E-state index < -0.39 is 18.0 Å². The van der Waals surface area contributed by atoms with Gasteiger partial charge in [-0.3, -0.25) is 9.36 Å². The van der Waals surface area contributed by atoms with E-state index in [2.05, 4.69) is 4.99 Å². The average molecular weight is 559 g/mol. The Morgan fingerprint density at radius 1 is 1.02 bits per heavy atom. The number of hydrogen-bond donors (Lipinski definition) is 0. The topological polar surface area (TPSA) is 109 Å². The van der Waals surface area contributed by atoms with Gasteiger partial charge < -0.3 is 18.6 Å². The van der Waals surface area contributed by atoms with Crippen molar-refractivity contribution in [2.75, 3.05) is 20.8 Å². The number of allylic oxidation sites excluding steroid dienone is 1. The minimum Gasteiger partial charge on any atom is -0.497 e. The van der Waals surface area contributed by atoms with Crippen molar-refractivity contribution in [3.05, 3.63) is 109 Å². The molecular formula is C30H26N2O7S. The van der Waals surface area contributed by atoms with E-state index in [-0.39, 0.29) is 12.2 Å². The van der Waals surface area contributed by atoms with Gasteiger partial charge in [0, 0.05) is 11.6 Å². The third-order valence-corrected chi connectivity index (χ3v) is 7.42. The van der Waals surface area contributed by atoms with Crippen molar-refractivity contribution in [1.82, 2.24) is 4.57 Å². The van der Waals surface area contributed by atoms with Crippen LogP contribution >= 0.6 is 11.3 Å². The first-order chi connectivity index (χ1) is 19.3. The Balaban J connectivity index is 1.57. The summed E-state index contributed by atoms with van der Waals surface area (Å²) >= 11 is 1.21. The normalized spacial score (nSPS) is 14.9. The second-order valence-electron chi connectivity index (χ2n) is 8.85. The lowest BCUT2D eigenvalue weighted by Gasteiger charge is -2.24. The molecule has 0 saturated carbocycles. The van der Waals surface area contributed by atoms with E-state index in [4.69, 9.17) is 18.6 Å². The maximum Gasteiger partial charge on any atom is 0.338 e. The van der Waals surface area contributed by atoms with Gasteiger partial charge in [0.25, 0.3) is 5.56 Å². The molecule has 5 rings (SSSR count). The van der Waals surface area contributed by atoms with Crippen molar-refractivity contribution >= 4 is 29.4 Å². The Hall–Kier alpha value is -4.70. The van der Waals surface area contributed by atoms with Crippen molar-refractivity contribution in [3.8, 4) is 17.1 Å². The molecule has 1 atom stereocenters. The van der Waals surface area contributed by atoms with E-state index in [9.17, 15) is 14.4 Å². The van der Waals surface area contributed by atoms with Gasteiger partial charge >= 0.3 is 11.9 Å². The molecule has 9 nitrogen and oxygen atoms in total. The van der Waals surface area contributed by atoms with Crippen LogP contribution in [-0.2, 0) is 14.3 Å². The molecule has 1 aliphatic heterocycles. The maximum absolute atomic E-state index is 13.8. The number of carbonyl (C=O) groups is 2. The van der Waals surface area contributed by atoms with E-state index in [0.717, 1.165) is 11.1 Å². The van der Waals surface area contributed by atoms with Gasteiger partial charge in [-0.15, -0.1) is 0 Å². The molecule has 40 heavy (non-hydrogen) atoms. The van der Waals surface area contributed by atoms with E-state index in [1.54, 1.807) is 75.6 Å². The highest BCUT2D eigenvalue weighted by molar-refractivity contribution is 7.07. The molecule has 10 heteroatoms. The summed E-state index contributed by atoms with van der Waals surface area (Å²) in [6.45, 7) is 3.67. The molecule has 0 radical (unpaired) electrons. The number of rotatable bonds is 7. The molecule has 0 fully saturated rings. The van der Waals surface area contributed by atoms with Crippen LogP contribution in [0, 0.1) is 0 Å². The number of methoxy groups -OCH3 is 2. The average Bonchev–Trinajstić information content (AvgIpc) is 3.56. The summed E-state index contributed by atoms with van der Waals surface area (Å²) in [5.74, 6) is 0.763. The fourth-order valence-electron chi connectivity index (χ4n) is 4.50. The Morgan fingerprint density at radius 2 is 1.75 bits per heavy atom. The van der Waals surface area contributed by atoms with E-state index >= 15 is 0 Å². The largest absolute Gasteiger partial charge is 0.497 e. The van der Waals surface area contributed by atoms with Gasteiger partial charge in [-0.1, -0.05) is 35.6 Å². The number of carbonyl (C=O) groups excluding carboxylic acids is 2. The van der Waals surface area contributed by atoms with Crippen molar-refractivity contribution in [2.45, 2.75) is 19.9 Å². The second kappa shape index (κ2) is 11.2. The van der Waals surface area contributed by atoms with Crippen LogP contribution in [0.2, 0.25) is 0 Å². The second-order valence-corrected chi connectivity index (χ2v) is 9.86. The van der Waals surface area contributed by atoms with E-state index in [1.165, 1.54) is 23.0 Å². The van der Waals surface area contributed by atoms with Crippen LogP contribution in [0.25, 0.3) is 17.4 Å². The first-order valence-electron chi connectivity index (χ1n) is 12.5. The van der Waals surface area contributed by atoms with Crippen LogP contribution in [0.15, 0.2) is 86.1 Å². The quantitative estimate of drug-likeness (QED) is 0.317. The number of fused-ring (bicyclic) bond motifs is 1. The fraction of sp³-hybridized carbons (Fsp3) is 0.200. The zero-order valence-electron chi connectivity index (χ0n) is 22.3. The lowest BCUT2D eigenvalue weighted by atomic mass is 9.96. The Bertz CT molecular complexity index is 1790. The van der Waals surface area contributed by atoms with Gasteiger partial charge in [-0.25, -0.2) is 14.6 Å². The number of aromatic nitrogens is 1. The number of ether oxygens (including phenoxy) is 3. The molecule has 0 aliphatic carbocycles. The maximum atomic E-state index is 13.8. The Kier molecular flexibility index (Phi) is 7.52. The molecule has 0 N–H and O–H groups in total. The van der Waals surface area contributed by atoms with Gasteiger partial charge in [0.05, 0.1) is 48.2 Å². The predicted molar refractivity (Wildman–Crippen MR) is 149 cm³/mol. The molecule has 204 valence electrons. The van der Waals surface area contributed by atoms with Crippen molar-refractivity contribution in [3.63, 3.8) is 0 Å². The zero-order chi connectivity index (χ0) is 28.4. The first kappa shape index (κ1) is 26.9. The molecule has 1 aliphatic rings. The van der Waals surface area contributed by atoms with Crippen molar-refractivity contribution in [2.24, 2.45) is 4.99 Å². The summed E-state index contributed by atoms with van der Waals surface area (Å²) < 4.78 is 23.3. The summed E-state index contributed by atoms with van der Waals surface area (Å²) in [6.07, 6.45) is 1.66. The SMILES string of the molecule is CCOC(=O)C1=C(C)N=c2sc(=Cc3ccc(-c4ccc(C(=O)OC)cc4)o3)c(=O)n2[C@H]1c1ccc(OC)cc1. The number of benzene rings is 2. The summed E-state index contributed by atoms with van der Waals surface area (Å²) in [5.41, 5.74) is 2.41.